The summed E-state index contributed by atoms with van der Waals surface area (Å²) in [5, 5.41) is 3.35. The highest BCUT2D eigenvalue weighted by Gasteiger charge is 2.23. The van der Waals surface area contributed by atoms with E-state index in [1.165, 1.54) is 11.6 Å². The second kappa shape index (κ2) is 6.27. The van der Waals surface area contributed by atoms with Crippen LogP contribution in [0.2, 0.25) is 0 Å². The molecule has 0 amide bonds. The van der Waals surface area contributed by atoms with E-state index >= 15 is 0 Å². The lowest BCUT2D eigenvalue weighted by molar-refractivity contribution is 0.491. The molecule has 1 atom stereocenters. The standard InChI is InChI=1S/C16H20N4O2S/c1-11-8-15(16(17)19-9-11)23(21,22)20-10-14-13-5-3-2-4-12(13)6-7-18-14/h2-5,8-9,14,18,20H,6-7,10H2,1H3,(H2,17,19). The molecule has 0 bridgehead atoms. The summed E-state index contributed by atoms with van der Waals surface area (Å²) >= 11 is 0. The number of nitrogens with one attached hydrogen (secondary N) is 2. The third-order valence-electron chi connectivity index (χ3n) is 4.00. The summed E-state index contributed by atoms with van der Waals surface area (Å²) in [5.74, 6) is 0.0140. The Balaban J connectivity index is 1.79. The molecule has 0 saturated heterocycles. The monoisotopic (exact) mass is 332 g/mol. The number of sulfonamides is 1. The Bertz CT molecular complexity index is 821. The molecule has 2 heterocycles. The number of nitrogens with two attached hydrogens (primary N) is 1. The highest BCUT2D eigenvalue weighted by molar-refractivity contribution is 7.89. The van der Waals surface area contributed by atoms with Gasteiger partial charge >= 0.3 is 0 Å². The van der Waals surface area contributed by atoms with Crippen molar-refractivity contribution >= 4 is 15.8 Å². The van der Waals surface area contributed by atoms with E-state index in [9.17, 15) is 8.42 Å². The summed E-state index contributed by atoms with van der Waals surface area (Å²) in [6.45, 7) is 2.88. The minimum absolute atomic E-state index is 0.0140. The first-order chi connectivity index (χ1) is 11.0. The zero-order valence-electron chi connectivity index (χ0n) is 12.9. The number of anilines is 1. The Hall–Kier alpha value is -1.96. The van der Waals surface area contributed by atoms with Gasteiger partial charge in [0, 0.05) is 18.8 Å². The molecule has 1 aromatic carbocycles. The maximum atomic E-state index is 12.5. The Morgan fingerprint density at radius 1 is 1.39 bits per heavy atom. The Morgan fingerprint density at radius 3 is 3.00 bits per heavy atom. The lowest BCUT2D eigenvalue weighted by Crippen LogP contribution is -2.39. The smallest absolute Gasteiger partial charge is 0.244 e. The van der Waals surface area contributed by atoms with E-state index in [1.807, 2.05) is 18.2 Å². The number of hydrogen-bond donors (Lipinski definition) is 3. The number of fused-ring (bicyclic) bond motifs is 1. The van der Waals surface area contributed by atoms with E-state index in [1.54, 1.807) is 13.1 Å². The lowest BCUT2D eigenvalue weighted by Gasteiger charge is -2.27. The molecule has 3 rings (SSSR count). The molecule has 1 unspecified atom stereocenters. The van der Waals surface area contributed by atoms with E-state index in [2.05, 4.69) is 21.1 Å². The SMILES string of the molecule is Cc1cnc(N)c(S(=O)(=O)NCC2NCCc3ccccc32)c1. The summed E-state index contributed by atoms with van der Waals surface area (Å²) in [5.41, 5.74) is 8.86. The van der Waals surface area contributed by atoms with Crippen LogP contribution in [-0.4, -0.2) is 26.5 Å². The maximum Gasteiger partial charge on any atom is 0.244 e. The van der Waals surface area contributed by atoms with Crippen molar-refractivity contribution in [2.24, 2.45) is 0 Å². The molecule has 0 spiro atoms. The molecule has 2 aromatic rings. The highest BCUT2D eigenvalue weighted by Crippen LogP contribution is 2.23. The van der Waals surface area contributed by atoms with Crippen LogP contribution in [0.1, 0.15) is 22.7 Å². The summed E-state index contributed by atoms with van der Waals surface area (Å²) in [4.78, 5) is 3.95. The highest BCUT2D eigenvalue weighted by atomic mass is 32.2. The van der Waals surface area contributed by atoms with Gasteiger partial charge in [-0.15, -0.1) is 0 Å². The zero-order valence-corrected chi connectivity index (χ0v) is 13.7. The average molecular weight is 332 g/mol. The van der Waals surface area contributed by atoms with Gasteiger partial charge in [0.05, 0.1) is 0 Å². The van der Waals surface area contributed by atoms with Crippen LogP contribution < -0.4 is 15.8 Å². The number of nitrogens with zero attached hydrogens (tertiary/aromatic N) is 1. The molecular weight excluding hydrogens is 312 g/mol. The predicted molar refractivity (Wildman–Crippen MR) is 89.5 cm³/mol. The van der Waals surface area contributed by atoms with Crippen molar-refractivity contribution < 1.29 is 8.42 Å². The number of rotatable bonds is 4. The normalized spacial score (nSPS) is 17.7. The van der Waals surface area contributed by atoms with Crippen molar-refractivity contribution in [2.45, 2.75) is 24.3 Å². The summed E-state index contributed by atoms with van der Waals surface area (Å²) in [6, 6.07) is 9.57. The quantitative estimate of drug-likeness (QED) is 0.780. The van der Waals surface area contributed by atoms with Crippen LogP contribution in [0, 0.1) is 6.92 Å². The van der Waals surface area contributed by atoms with E-state index in [0.717, 1.165) is 24.1 Å². The Kier molecular flexibility index (Phi) is 4.34. The fraction of sp³-hybridized carbons (Fsp3) is 0.312. The van der Waals surface area contributed by atoms with E-state index in [4.69, 9.17) is 5.73 Å². The van der Waals surface area contributed by atoms with Gasteiger partial charge in [0.1, 0.15) is 10.7 Å². The van der Waals surface area contributed by atoms with Gasteiger partial charge < -0.3 is 11.1 Å². The van der Waals surface area contributed by atoms with Crippen LogP contribution in [0.4, 0.5) is 5.82 Å². The number of pyridine rings is 1. The van der Waals surface area contributed by atoms with Crippen LogP contribution in [0.15, 0.2) is 41.4 Å². The largest absolute Gasteiger partial charge is 0.383 e. The predicted octanol–water partition coefficient (Wildman–Crippen LogP) is 1.14. The molecule has 1 aliphatic heterocycles. The van der Waals surface area contributed by atoms with E-state index in [-0.39, 0.29) is 23.3 Å². The molecule has 7 heteroatoms. The van der Waals surface area contributed by atoms with Crippen molar-refractivity contribution in [1.82, 2.24) is 15.0 Å². The van der Waals surface area contributed by atoms with Gasteiger partial charge in [0.25, 0.3) is 0 Å². The van der Waals surface area contributed by atoms with Gasteiger partial charge in [-0.25, -0.2) is 18.1 Å². The second-order valence-electron chi connectivity index (χ2n) is 5.70. The van der Waals surface area contributed by atoms with Crippen LogP contribution in [0.25, 0.3) is 0 Å². The average Bonchev–Trinajstić information content (AvgIpc) is 2.55. The number of aromatic nitrogens is 1. The molecule has 6 nitrogen and oxygen atoms in total. The zero-order chi connectivity index (χ0) is 16.4. The third-order valence-corrected chi connectivity index (χ3v) is 5.45. The molecular formula is C16H20N4O2S. The van der Waals surface area contributed by atoms with Crippen molar-refractivity contribution in [3.05, 3.63) is 53.2 Å². The van der Waals surface area contributed by atoms with Crippen molar-refractivity contribution in [2.75, 3.05) is 18.8 Å². The Morgan fingerprint density at radius 2 is 2.17 bits per heavy atom. The van der Waals surface area contributed by atoms with Crippen molar-refractivity contribution in [3.63, 3.8) is 0 Å². The topological polar surface area (TPSA) is 97.1 Å². The number of benzene rings is 1. The van der Waals surface area contributed by atoms with E-state index in [0.29, 0.717) is 0 Å². The number of hydrogen-bond acceptors (Lipinski definition) is 5. The lowest BCUT2D eigenvalue weighted by atomic mass is 9.95. The van der Waals surface area contributed by atoms with Crippen LogP contribution in [0.5, 0.6) is 0 Å². The van der Waals surface area contributed by atoms with Crippen LogP contribution >= 0.6 is 0 Å². The van der Waals surface area contributed by atoms with Gasteiger partial charge in [-0.2, -0.15) is 0 Å². The second-order valence-corrected chi connectivity index (χ2v) is 7.44. The molecule has 0 radical (unpaired) electrons. The molecule has 23 heavy (non-hydrogen) atoms. The summed E-state index contributed by atoms with van der Waals surface area (Å²) < 4.78 is 27.6. The summed E-state index contributed by atoms with van der Waals surface area (Å²) in [6.07, 6.45) is 2.50. The number of nitrogen functional groups attached to an aromatic ring is 1. The molecule has 1 aromatic heterocycles. The van der Waals surface area contributed by atoms with Crippen LogP contribution in [-0.2, 0) is 16.4 Å². The fourth-order valence-electron chi connectivity index (χ4n) is 2.81. The Labute approximate surface area is 136 Å². The molecule has 0 fully saturated rings. The molecule has 0 saturated carbocycles. The maximum absolute atomic E-state index is 12.5. The van der Waals surface area contributed by atoms with Crippen LogP contribution in [0.3, 0.4) is 0 Å². The van der Waals surface area contributed by atoms with Crippen molar-refractivity contribution in [3.8, 4) is 0 Å². The molecule has 0 aliphatic carbocycles. The fourth-order valence-corrected chi connectivity index (χ4v) is 4.02. The number of aryl methyl sites for hydroxylation is 1. The molecule has 1 aliphatic rings. The summed E-state index contributed by atoms with van der Waals surface area (Å²) in [7, 11) is -3.69. The van der Waals surface area contributed by atoms with E-state index < -0.39 is 10.0 Å². The molecule has 4 N–H and O–H groups in total. The first-order valence-corrected chi connectivity index (χ1v) is 8.98. The van der Waals surface area contributed by atoms with Gasteiger partial charge in [0.15, 0.2) is 0 Å². The first kappa shape index (κ1) is 15.9. The van der Waals surface area contributed by atoms with Crippen molar-refractivity contribution in [1.29, 1.82) is 0 Å². The van der Waals surface area contributed by atoms with Gasteiger partial charge in [-0.05, 0) is 42.6 Å². The van der Waals surface area contributed by atoms with Gasteiger partial charge in [0.2, 0.25) is 10.0 Å². The minimum Gasteiger partial charge on any atom is -0.383 e. The minimum atomic E-state index is -3.69. The first-order valence-electron chi connectivity index (χ1n) is 7.50. The third kappa shape index (κ3) is 3.36. The molecule has 122 valence electrons. The van der Waals surface area contributed by atoms with Gasteiger partial charge in [-0.1, -0.05) is 24.3 Å². The van der Waals surface area contributed by atoms with Gasteiger partial charge in [-0.3, -0.25) is 0 Å².